The van der Waals surface area contributed by atoms with Crippen molar-refractivity contribution in [3.05, 3.63) is 83.0 Å². The highest BCUT2D eigenvalue weighted by Crippen LogP contribution is 2.36. The van der Waals surface area contributed by atoms with E-state index >= 15 is 0 Å². The minimum absolute atomic E-state index is 0.130. The summed E-state index contributed by atoms with van der Waals surface area (Å²) in [5.41, 5.74) is 1.47. The topological polar surface area (TPSA) is 141 Å². The maximum absolute atomic E-state index is 14.0. The Morgan fingerprint density at radius 2 is 1.60 bits per heavy atom. The van der Waals surface area contributed by atoms with Crippen molar-refractivity contribution in [2.45, 2.75) is 26.8 Å². The first-order valence-electron chi connectivity index (χ1n) is 13.8. The summed E-state index contributed by atoms with van der Waals surface area (Å²) in [5.74, 6) is -0.644. The second-order valence-electron chi connectivity index (χ2n) is 9.36. The number of hydrogen-bond donors (Lipinski definition) is 0. The Bertz CT molecular complexity index is 1830. The molecule has 1 aliphatic heterocycles. The molecule has 0 spiro atoms. The van der Waals surface area contributed by atoms with E-state index in [-0.39, 0.29) is 31.0 Å². The number of carbonyl (C=O) groups excluding carboxylic acids is 3. The van der Waals surface area contributed by atoms with Crippen LogP contribution in [0.15, 0.2) is 61.9 Å². The lowest BCUT2D eigenvalue weighted by Gasteiger charge is -2.25. The van der Waals surface area contributed by atoms with Gasteiger partial charge in [0.2, 0.25) is 0 Å². The fourth-order valence-electron chi connectivity index (χ4n) is 4.46. The van der Waals surface area contributed by atoms with Crippen molar-refractivity contribution in [1.29, 1.82) is 0 Å². The first-order valence-corrected chi connectivity index (χ1v) is 15.4. The summed E-state index contributed by atoms with van der Waals surface area (Å²) in [5, 5.41) is 0. The van der Waals surface area contributed by atoms with Crippen LogP contribution in [0.3, 0.4) is 0 Å². The minimum Gasteiger partial charge on any atom is -0.490 e. The maximum Gasteiger partial charge on any atom is 0.343 e. The normalized spacial score (nSPS) is 14.3. The number of carbonyl (C=O) groups is 3. The predicted molar refractivity (Wildman–Crippen MR) is 167 cm³/mol. The molecule has 14 heteroatoms. The van der Waals surface area contributed by atoms with Crippen molar-refractivity contribution in [2.24, 2.45) is 4.99 Å². The molecule has 4 rings (SSSR count). The average molecular weight is 704 g/mol. The maximum atomic E-state index is 14.0. The van der Waals surface area contributed by atoms with Crippen molar-refractivity contribution in [3.8, 4) is 17.2 Å². The Morgan fingerprint density at radius 3 is 2.22 bits per heavy atom. The molecule has 0 aliphatic carbocycles. The van der Waals surface area contributed by atoms with E-state index in [2.05, 4.69) is 30.4 Å². The zero-order chi connectivity index (χ0) is 32.7. The van der Waals surface area contributed by atoms with E-state index in [1.807, 2.05) is 0 Å². The van der Waals surface area contributed by atoms with Gasteiger partial charge in [0.1, 0.15) is 5.75 Å². The lowest BCUT2D eigenvalue weighted by Crippen LogP contribution is -2.40. The van der Waals surface area contributed by atoms with Gasteiger partial charge in [0.05, 0.1) is 53.8 Å². The Balaban J connectivity index is 1.82. The summed E-state index contributed by atoms with van der Waals surface area (Å²) in [7, 11) is 2.53. The van der Waals surface area contributed by atoms with Crippen LogP contribution in [0.2, 0.25) is 0 Å². The van der Waals surface area contributed by atoms with Gasteiger partial charge >= 0.3 is 17.9 Å². The summed E-state index contributed by atoms with van der Waals surface area (Å²) < 4.78 is 33.9. The summed E-state index contributed by atoms with van der Waals surface area (Å²) in [6.45, 7) is 5.03. The monoisotopic (exact) mass is 702 g/mol. The van der Waals surface area contributed by atoms with Gasteiger partial charge in [0.15, 0.2) is 29.5 Å². The van der Waals surface area contributed by atoms with Gasteiger partial charge in [-0.1, -0.05) is 23.5 Å². The van der Waals surface area contributed by atoms with Crippen molar-refractivity contribution in [3.63, 3.8) is 0 Å². The highest BCUT2D eigenvalue weighted by Gasteiger charge is 2.34. The van der Waals surface area contributed by atoms with E-state index in [1.54, 1.807) is 63.2 Å². The van der Waals surface area contributed by atoms with Crippen molar-refractivity contribution in [1.82, 2.24) is 4.57 Å². The molecule has 1 atom stereocenters. The number of halogens is 1. The Kier molecular flexibility index (Phi) is 11.2. The molecule has 1 aliphatic rings. The number of hydrogen-bond acceptors (Lipinski definition) is 12. The van der Waals surface area contributed by atoms with E-state index < -0.39 is 23.9 Å². The Morgan fingerprint density at radius 1 is 0.933 bits per heavy atom. The van der Waals surface area contributed by atoms with Gasteiger partial charge < -0.3 is 28.4 Å². The number of nitrogens with zero attached hydrogens (tertiary/aromatic N) is 2. The highest BCUT2D eigenvalue weighted by atomic mass is 79.9. The van der Waals surface area contributed by atoms with Crippen LogP contribution in [0.25, 0.3) is 6.08 Å². The number of allylic oxidation sites excluding steroid dienone is 1. The van der Waals surface area contributed by atoms with Crippen molar-refractivity contribution >= 4 is 51.3 Å². The van der Waals surface area contributed by atoms with Crippen LogP contribution >= 0.6 is 27.3 Å². The van der Waals surface area contributed by atoms with Gasteiger partial charge in [-0.2, -0.15) is 0 Å². The van der Waals surface area contributed by atoms with E-state index in [0.29, 0.717) is 54.5 Å². The summed E-state index contributed by atoms with van der Waals surface area (Å²) in [4.78, 5) is 55.4. The molecule has 0 amide bonds. The number of thiazole rings is 1. The van der Waals surface area contributed by atoms with E-state index in [4.69, 9.17) is 18.9 Å². The van der Waals surface area contributed by atoms with Gasteiger partial charge in [0.25, 0.3) is 5.56 Å². The molecule has 0 N–H and O–H groups in total. The van der Waals surface area contributed by atoms with Crippen LogP contribution in [0.5, 0.6) is 17.2 Å². The number of ether oxygens (including phenoxy) is 6. The van der Waals surface area contributed by atoms with Gasteiger partial charge in [-0.05, 0) is 78.2 Å². The molecule has 3 aromatic rings. The standard InChI is InChI=1S/C31H31BrN2O10S/c1-6-41-23-14-19(9-11-22(23)44-16-26(36)40-5)28-27(30(38)42-7-2)17(3)33-31-34(28)29(37)24(45-31)13-18-8-10-21(20(32)12-18)43-15-25(35)39-4/h8-14,28H,6-7,15-16H2,1-5H3/b24-13-/t28-/m0/s1. The quantitative estimate of drug-likeness (QED) is 0.204. The fraction of sp³-hybridized carbons (Fsp3) is 0.323. The first kappa shape index (κ1) is 33.5. The number of benzene rings is 2. The zero-order valence-corrected chi connectivity index (χ0v) is 27.6. The molecule has 0 saturated carbocycles. The second kappa shape index (κ2) is 15.0. The van der Waals surface area contributed by atoms with Crippen LogP contribution in [-0.2, 0) is 28.6 Å². The molecular weight excluding hydrogens is 672 g/mol. The molecule has 0 unspecified atom stereocenters. The van der Waals surface area contributed by atoms with E-state index in [1.165, 1.54) is 30.1 Å². The molecule has 45 heavy (non-hydrogen) atoms. The summed E-state index contributed by atoms with van der Waals surface area (Å²) >= 11 is 4.61. The number of methoxy groups -OCH3 is 2. The van der Waals surface area contributed by atoms with Crippen molar-refractivity contribution in [2.75, 3.05) is 40.6 Å². The third-order valence-corrected chi connectivity index (χ3v) is 8.10. The van der Waals surface area contributed by atoms with Crippen LogP contribution in [0.1, 0.15) is 37.9 Å². The van der Waals surface area contributed by atoms with Crippen LogP contribution in [0, 0.1) is 0 Å². The molecule has 0 fully saturated rings. The first-order chi connectivity index (χ1) is 21.6. The lowest BCUT2D eigenvalue weighted by molar-refractivity contribution is -0.143. The molecule has 0 radical (unpaired) electrons. The number of rotatable bonds is 12. The second-order valence-corrected chi connectivity index (χ2v) is 11.2. The molecule has 238 valence electrons. The van der Waals surface area contributed by atoms with Crippen LogP contribution in [0.4, 0.5) is 0 Å². The van der Waals surface area contributed by atoms with E-state index in [9.17, 15) is 19.2 Å². The van der Waals surface area contributed by atoms with E-state index in [0.717, 1.165) is 0 Å². The van der Waals surface area contributed by atoms with Crippen molar-refractivity contribution < 1.29 is 42.8 Å². The number of aromatic nitrogens is 1. The highest BCUT2D eigenvalue weighted by molar-refractivity contribution is 9.10. The lowest BCUT2D eigenvalue weighted by atomic mass is 9.95. The third-order valence-electron chi connectivity index (χ3n) is 6.50. The Labute approximate surface area is 270 Å². The molecule has 1 aromatic heterocycles. The SMILES string of the molecule is CCOC(=O)C1=C(C)N=c2s/c(=C\c3ccc(OCC(=O)OC)c(Br)c3)c(=O)n2[C@H]1c1ccc(OCC(=O)OC)c(OCC)c1. The third kappa shape index (κ3) is 7.63. The average Bonchev–Trinajstić information content (AvgIpc) is 3.32. The number of fused-ring (bicyclic) bond motifs is 1. The van der Waals surface area contributed by atoms with Crippen LogP contribution in [-0.4, -0.2) is 63.1 Å². The Hall–Kier alpha value is -4.43. The molecule has 2 aromatic carbocycles. The molecule has 2 heterocycles. The number of esters is 3. The van der Waals surface area contributed by atoms with Gasteiger partial charge in [-0.25, -0.2) is 19.4 Å². The predicted octanol–water partition coefficient (Wildman–Crippen LogP) is 3.06. The van der Waals surface area contributed by atoms with Gasteiger partial charge in [0, 0.05) is 0 Å². The molecule has 0 saturated heterocycles. The van der Waals surface area contributed by atoms with Gasteiger partial charge in [-0.3, -0.25) is 9.36 Å². The summed E-state index contributed by atoms with van der Waals surface area (Å²) in [6.07, 6.45) is 1.70. The van der Waals surface area contributed by atoms with Gasteiger partial charge in [-0.15, -0.1) is 0 Å². The zero-order valence-electron chi connectivity index (χ0n) is 25.2. The largest absolute Gasteiger partial charge is 0.490 e. The van der Waals surface area contributed by atoms with Crippen LogP contribution < -0.4 is 29.1 Å². The fourth-order valence-corrected chi connectivity index (χ4v) is 6.01. The smallest absolute Gasteiger partial charge is 0.343 e. The minimum atomic E-state index is -0.892. The molecule has 12 nitrogen and oxygen atoms in total. The molecular formula is C31H31BrN2O10S. The summed E-state index contributed by atoms with van der Waals surface area (Å²) in [6, 6.07) is 9.23. The molecule has 0 bridgehead atoms.